The molecule has 0 unspecified atom stereocenters. The number of benzene rings is 2. The Morgan fingerprint density at radius 2 is 1.70 bits per heavy atom. The van der Waals surface area contributed by atoms with Crippen LogP contribution in [0.15, 0.2) is 42.5 Å². The zero-order chi connectivity index (χ0) is 16.1. The molecule has 1 N–H and O–H groups in total. The van der Waals surface area contributed by atoms with Crippen molar-refractivity contribution in [3.63, 3.8) is 0 Å². The molecule has 116 valence electrons. The zero-order valence-corrected chi connectivity index (χ0v) is 12.9. The first-order chi connectivity index (χ1) is 11.3. The number of aromatic amines is 1. The van der Waals surface area contributed by atoms with Crippen LogP contribution in [0.4, 0.5) is 0 Å². The van der Waals surface area contributed by atoms with Gasteiger partial charge < -0.3 is 9.47 Å². The second kappa shape index (κ2) is 6.74. The van der Waals surface area contributed by atoms with Crippen LogP contribution in [0.25, 0.3) is 23.5 Å². The summed E-state index contributed by atoms with van der Waals surface area (Å²) >= 11 is 0. The molecule has 23 heavy (non-hydrogen) atoms. The van der Waals surface area contributed by atoms with Crippen LogP contribution in [0, 0.1) is 0 Å². The Balaban J connectivity index is 1.95. The van der Waals surface area contributed by atoms with E-state index in [4.69, 9.17) is 9.47 Å². The van der Waals surface area contributed by atoms with Gasteiger partial charge in [-0.1, -0.05) is 36.4 Å². The highest BCUT2D eigenvalue weighted by atomic mass is 16.5. The molecule has 0 aliphatic rings. The Morgan fingerprint density at radius 3 is 2.35 bits per heavy atom. The molecule has 0 saturated carbocycles. The fourth-order valence-corrected chi connectivity index (χ4v) is 2.23. The van der Waals surface area contributed by atoms with Crippen LogP contribution in [-0.2, 0) is 0 Å². The Bertz CT molecular complexity index is 791. The number of hydrogen-bond acceptors (Lipinski definition) is 5. The van der Waals surface area contributed by atoms with Gasteiger partial charge in [0.2, 0.25) is 5.82 Å². The molecule has 0 saturated heterocycles. The average Bonchev–Trinajstić information content (AvgIpc) is 3.14. The average molecular weight is 308 g/mol. The number of tetrazole rings is 1. The monoisotopic (exact) mass is 308 g/mol. The standard InChI is InChI=1S/C17H16N4O2/c1-22-14-9-12(10-15(11-14)23-2)7-8-13-5-3-4-6-16(13)17-18-20-21-19-17/h3-11H,1-2H3,(H,18,19,20,21)/b8-7+. The molecule has 0 aliphatic heterocycles. The van der Waals surface area contributed by atoms with E-state index >= 15 is 0 Å². The van der Waals surface area contributed by atoms with Gasteiger partial charge in [-0.15, -0.1) is 10.2 Å². The van der Waals surface area contributed by atoms with Crippen molar-refractivity contribution in [1.29, 1.82) is 0 Å². The van der Waals surface area contributed by atoms with Gasteiger partial charge in [0.1, 0.15) is 11.5 Å². The third-order valence-electron chi connectivity index (χ3n) is 3.38. The lowest BCUT2D eigenvalue weighted by Crippen LogP contribution is -1.88. The first-order valence-corrected chi connectivity index (χ1v) is 7.04. The van der Waals surface area contributed by atoms with Crippen LogP contribution in [0.1, 0.15) is 11.1 Å². The van der Waals surface area contributed by atoms with E-state index in [2.05, 4.69) is 20.6 Å². The zero-order valence-electron chi connectivity index (χ0n) is 12.9. The summed E-state index contributed by atoms with van der Waals surface area (Å²) in [6.45, 7) is 0. The van der Waals surface area contributed by atoms with Gasteiger partial charge in [0, 0.05) is 11.6 Å². The minimum atomic E-state index is 0.563. The molecule has 2 aromatic carbocycles. The van der Waals surface area contributed by atoms with Crippen molar-refractivity contribution in [2.75, 3.05) is 14.2 Å². The largest absolute Gasteiger partial charge is 0.497 e. The Morgan fingerprint density at radius 1 is 0.957 bits per heavy atom. The second-order valence-corrected chi connectivity index (χ2v) is 4.80. The van der Waals surface area contributed by atoms with Gasteiger partial charge in [0.05, 0.1) is 14.2 Å². The van der Waals surface area contributed by atoms with Crippen molar-refractivity contribution in [1.82, 2.24) is 20.6 Å². The van der Waals surface area contributed by atoms with E-state index in [-0.39, 0.29) is 0 Å². The lowest BCUT2D eigenvalue weighted by atomic mass is 10.1. The van der Waals surface area contributed by atoms with Crippen molar-refractivity contribution < 1.29 is 9.47 Å². The van der Waals surface area contributed by atoms with Gasteiger partial charge in [-0.3, -0.25) is 0 Å². The number of methoxy groups -OCH3 is 2. The van der Waals surface area contributed by atoms with E-state index in [1.165, 1.54) is 0 Å². The highest BCUT2D eigenvalue weighted by molar-refractivity contribution is 5.78. The number of nitrogens with zero attached hydrogens (tertiary/aromatic N) is 3. The van der Waals surface area contributed by atoms with Gasteiger partial charge in [0.25, 0.3) is 0 Å². The maximum Gasteiger partial charge on any atom is 0.205 e. The quantitative estimate of drug-likeness (QED) is 0.733. The molecule has 1 heterocycles. The van der Waals surface area contributed by atoms with Gasteiger partial charge >= 0.3 is 0 Å². The number of ether oxygens (including phenoxy) is 2. The van der Waals surface area contributed by atoms with E-state index in [1.54, 1.807) is 14.2 Å². The summed E-state index contributed by atoms with van der Waals surface area (Å²) in [7, 11) is 3.27. The molecule has 0 radical (unpaired) electrons. The topological polar surface area (TPSA) is 72.9 Å². The van der Waals surface area contributed by atoms with Gasteiger partial charge in [-0.25, -0.2) is 0 Å². The molecule has 3 aromatic rings. The van der Waals surface area contributed by atoms with Crippen molar-refractivity contribution in [2.45, 2.75) is 0 Å². The van der Waals surface area contributed by atoms with Crippen molar-refractivity contribution in [2.24, 2.45) is 0 Å². The van der Waals surface area contributed by atoms with E-state index < -0.39 is 0 Å². The first-order valence-electron chi connectivity index (χ1n) is 7.04. The van der Waals surface area contributed by atoms with E-state index in [1.807, 2.05) is 54.6 Å². The fraction of sp³-hybridized carbons (Fsp3) is 0.118. The van der Waals surface area contributed by atoms with E-state index in [9.17, 15) is 0 Å². The fourth-order valence-electron chi connectivity index (χ4n) is 2.23. The molecule has 0 atom stereocenters. The molecular weight excluding hydrogens is 292 g/mol. The third-order valence-corrected chi connectivity index (χ3v) is 3.38. The van der Waals surface area contributed by atoms with Gasteiger partial charge in [-0.05, 0) is 28.5 Å². The molecule has 0 fully saturated rings. The van der Waals surface area contributed by atoms with Crippen molar-refractivity contribution in [3.8, 4) is 22.9 Å². The lowest BCUT2D eigenvalue weighted by Gasteiger charge is -2.06. The maximum atomic E-state index is 5.29. The molecule has 0 aliphatic carbocycles. The number of nitrogens with one attached hydrogen (secondary N) is 1. The molecule has 6 nitrogen and oxygen atoms in total. The number of aromatic nitrogens is 4. The molecule has 3 rings (SSSR count). The van der Waals surface area contributed by atoms with Crippen LogP contribution in [-0.4, -0.2) is 34.8 Å². The third kappa shape index (κ3) is 3.37. The Kier molecular flexibility index (Phi) is 4.33. The maximum absolute atomic E-state index is 5.29. The summed E-state index contributed by atoms with van der Waals surface area (Å²) in [5, 5.41) is 14.2. The molecule has 1 aromatic heterocycles. The molecule has 0 amide bonds. The van der Waals surface area contributed by atoms with Crippen LogP contribution in [0.2, 0.25) is 0 Å². The number of rotatable bonds is 5. The van der Waals surface area contributed by atoms with Gasteiger partial charge in [0.15, 0.2) is 0 Å². The SMILES string of the molecule is COc1cc(/C=C/c2ccccc2-c2nn[nH]n2)cc(OC)c1. The highest BCUT2D eigenvalue weighted by Gasteiger charge is 2.06. The van der Waals surface area contributed by atoms with Crippen LogP contribution in [0.3, 0.4) is 0 Å². The minimum absolute atomic E-state index is 0.563. The number of H-pyrrole nitrogens is 1. The molecule has 0 bridgehead atoms. The lowest BCUT2D eigenvalue weighted by molar-refractivity contribution is 0.394. The molecular formula is C17H16N4O2. The second-order valence-electron chi connectivity index (χ2n) is 4.80. The summed E-state index contributed by atoms with van der Waals surface area (Å²) in [6.07, 6.45) is 3.99. The van der Waals surface area contributed by atoms with Gasteiger partial charge in [-0.2, -0.15) is 5.21 Å². The van der Waals surface area contributed by atoms with E-state index in [0.29, 0.717) is 5.82 Å². The predicted octanol–water partition coefficient (Wildman–Crippen LogP) is 3.05. The molecule has 0 spiro atoms. The summed E-state index contributed by atoms with van der Waals surface area (Å²) in [5.41, 5.74) is 2.88. The van der Waals surface area contributed by atoms with Crippen LogP contribution >= 0.6 is 0 Å². The van der Waals surface area contributed by atoms with E-state index in [0.717, 1.165) is 28.2 Å². The molecule has 6 heteroatoms. The summed E-state index contributed by atoms with van der Waals surface area (Å²) in [5.74, 6) is 2.05. The van der Waals surface area contributed by atoms with Crippen LogP contribution < -0.4 is 9.47 Å². The Labute approximate surface area is 133 Å². The van der Waals surface area contributed by atoms with Crippen LogP contribution in [0.5, 0.6) is 11.5 Å². The summed E-state index contributed by atoms with van der Waals surface area (Å²) < 4.78 is 10.6. The first kappa shape index (κ1) is 14.8. The predicted molar refractivity (Wildman–Crippen MR) is 88.1 cm³/mol. The van der Waals surface area contributed by atoms with Crippen molar-refractivity contribution >= 4 is 12.2 Å². The highest BCUT2D eigenvalue weighted by Crippen LogP contribution is 2.25. The summed E-state index contributed by atoms with van der Waals surface area (Å²) in [4.78, 5) is 0. The smallest absolute Gasteiger partial charge is 0.205 e. The number of hydrogen-bond donors (Lipinski definition) is 1. The Hall–Kier alpha value is -3.15. The minimum Gasteiger partial charge on any atom is -0.497 e. The normalized spacial score (nSPS) is 10.9. The van der Waals surface area contributed by atoms with Crippen molar-refractivity contribution in [3.05, 3.63) is 53.6 Å². The summed E-state index contributed by atoms with van der Waals surface area (Å²) in [6, 6.07) is 13.6.